The SMILES string of the molecule is CCCC(Nc1cccc(Cl)c1C)c1ccccc1. The van der Waals surface area contributed by atoms with E-state index < -0.39 is 0 Å². The van der Waals surface area contributed by atoms with Gasteiger partial charge in [0.05, 0.1) is 6.04 Å². The Balaban J connectivity index is 2.24. The standard InChI is InChI=1S/C17H20ClN/c1-3-8-17(14-9-5-4-6-10-14)19-16-12-7-11-15(18)13(16)2/h4-7,9-12,17,19H,3,8H2,1-2H3. The van der Waals surface area contributed by atoms with Crippen molar-refractivity contribution in [2.45, 2.75) is 32.7 Å². The molecular formula is C17H20ClN. The topological polar surface area (TPSA) is 12.0 Å². The van der Waals surface area contributed by atoms with Crippen molar-refractivity contribution < 1.29 is 0 Å². The molecule has 1 N–H and O–H groups in total. The van der Waals surface area contributed by atoms with Gasteiger partial charge in [0.2, 0.25) is 0 Å². The quantitative estimate of drug-likeness (QED) is 0.747. The highest BCUT2D eigenvalue weighted by atomic mass is 35.5. The maximum Gasteiger partial charge on any atom is 0.0513 e. The normalized spacial score (nSPS) is 12.2. The van der Waals surface area contributed by atoms with Crippen molar-refractivity contribution in [2.75, 3.05) is 5.32 Å². The third kappa shape index (κ3) is 3.51. The molecule has 0 fully saturated rings. The molecule has 0 radical (unpaired) electrons. The molecule has 100 valence electrons. The van der Waals surface area contributed by atoms with E-state index in [1.165, 1.54) is 5.56 Å². The minimum absolute atomic E-state index is 0.336. The lowest BCUT2D eigenvalue weighted by atomic mass is 10.0. The molecule has 2 heteroatoms. The van der Waals surface area contributed by atoms with Crippen molar-refractivity contribution in [1.29, 1.82) is 0 Å². The van der Waals surface area contributed by atoms with Crippen molar-refractivity contribution in [2.24, 2.45) is 0 Å². The van der Waals surface area contributed by atoms with Crippen molar-refractivity contribution in [3.63, 3.8) is 0 Å². The van der Waals surface area contributed by atoms with Crippen molar-refractivity contribution in [1.82, 2.24) is 0 Å². The lowest BCUT2D eigenvalue weighted by Crippen LogP contribution is -2.11. The number of nitrogens with one attached hydrogen (secondary N) is 1. The molecule has 0 saturated carbocycles. The molecule has 0 amide bonds. The maximum absolute atomic E-state index is 6.18. The monoisotopic (exact) mass is 273 g/mol. The molecule has 0 aliphatic heterocycles. The van der Waals surface area contributed by atoms with Crippen LogP contribution in [0.2, 0.25) is 5.02 Å². The van der Waals surface area contributed by atoms with E-state index in [-0.39, 0.29) is 0 Å². The molecule has 0 spiro atoms. The summed E-state index contributed by atoms with van der Waals surface area (Å²) in [6, 6.07) is 16.9. The molecule has 0 aliphatic carbocycles. The van der Waals surface area contributed by atoms with Crippen LogP contribution in [0, 0.1) is 6.92 Å². The van der Waals surface area contributed by atoms with Gasteiger partial charge in [0.15, 0.2) is 0 Å². The van der Waals surface area contributed by atoms with E-state index in [4.69, 9.17) is 11.6 Å². The molecule has 0 aromatic heterocycles. The van der Waals surface area contributed by atoms with Gasteiger partial charge in [-0.15, -0.1) is 0 Å². The molecule has 1 atom stereocenters. The summed E-state index contributed by atoms with van der Waals surface area (Å²) in [7, 11) is 0. The summed E-state index contributed by atoms with van der Waals surface area (Å²) in [5, 5.41) is 4.43. The van der Waals surface area contributed by atoms with Crippen LogP contribution >= 0.6 is 11.6 Å². The van der Waals surface area contributed by atoms with E-state index in [0.29, 0.717) is 6.04 Å². The summed E-state index contributed by atoms with van der Waals surface area (Å²) in [5.74, 6) is 0. The average molecular weight is 274 g/mol. The summed E-state index contributed by atoms with van der Waals surface area (Å²) in [6.45, 7) is 4.26. The zero-order valence-corrected chi connectivity index (χ0v) is 12.2. The highest BCUT2D eigenvalue weighted by molar-refractivity contribution is 6.31. The van der Waals surface area contributed by atoms with Crippen molar-refractivity contribution >= 4 is 17.3 Å². The highest BCUT2D eigenvalue weighted by Gasteiger charge is 2.11. The summed E-state index contributed by atoms with van der Waals surface area (Å²) in [5.41, 5.74) is 3.56. The molecule has 0 heterocycles. The predicted molar refractivity (Wildman–Crippen MR) is 83.9 cm³/mol. The van der Waals surface area contributed by atoms with Gasteiger partial charge in [-0.3, -0.25) is 0 Å². The van der Waals surface area contributed by atoms with Gasteiger partial charge in [-0.2, -0.15) is 0 Å². The zero-order valence-electron chi connectivity index (χ0n) is 11.5. The van der Waals surface area contributed by atoms with Gasteiger partial charge >= 0.3 is 0 Å². The average Bonchev–Trinajstić information content (AvgIpc) is 2.44. The van der Waals surface area contributed by atoms with Crippen LogP contribution < -0.4 is 5.32 Å². The second-order valence-electron chi connectivity index (χ2n) is 4.81. The fourth-order valence-corrected chi connectivity index (χ4v) is 2.42. The first-order valence-corrected chi connectivity index (χ1v) is 7.16. The molecule has 0 bridgehead atoms. The largest absolute Gasteiger partial charge is 0.378 e. The first-order valence-electron chi connectivity index (χ1n) is 6.79. The number of rotatable bonds is 5. The van der Waals surface area contributed by atoms with Crippen LogP contribution in [0.25, 0.3) is 0 Å². The Hall–Kier alpha value is -1.47. The highest BCUT2D eigenvalue weighted by Crippen LogP contribution is 2.29. The van der Waals surface area contributed by atoms with Crippen LogP contribution in [-0.2, 0) is 0 Å². The second-order valence-corrected chi connectivity index (χ2v) is 5.22. The van der Waals surface area contributed by atoms with E-state index in [9.17, 15) is 0 Å². The minimum Gasteiger partial charge on any atom is -0.378 e. The predicted octanol–water partition coefficient (Wildman–Crippen LogP) is 5.60. The molecule has 1 nitrogen and oxygen atoms in total. The fourth-order valence-electron chi connectivity index (χ4n) is 2.25. The number of anilines is 1. The van der Waals surface area contributed by atoms with Gasteiger partial charge in [0.1, 0.15) is 0 Å². The second kappa shape index (κ2) is 6.63. The third-order valence-electron chi connectivity index (χ3n) is 3.38. The number of hydrogen-bond acceptors (Lipinski definition) is 1. The van der Waals surface area contributed by atoms with Gasteiger partial charge < -0.3 is 5.32 Å². The smallest absolute Gasteiger partial charge is 0.0513 e. The Kier molecular flexibility index (Phi) is 4.86. The lowest BCUT2D eigenvalue weighted by molar-refractivity contribution is 0.677. The van der Waals surface area contributed by atoms with E-state index in [2.05, 4.69) is 55.6 Å². The van der Waals surface area contributed by atoms with Crippen molar-refractivity contribution in [3.05, 3.63) is 64.7 Å². The van der Waals surface area contributed by atoms with Crippen molar-refractivity contribution in [3.8, 4) is 0 Å². The summed E-state index contributed by atoms with van der Waals surface area (Å²) in [6.07, 6.45) is 2.25. The van der Waals surface area contributed by atoms with Gasteiger partial charge in [-0.05, 0) is 36.6 Å². The first-order chi connectivity index (χ1) is 9.22. The number of hydrogen-bond donors (Lipinski definition) is 1. The maximum atomic E-state index is 6.18. The van der Waals surface area contributed by atoms with E-state index >= 15 is 0 Å². The summed E-state index contributed by atoms with van der Waals surface area (Å²) in [4.78, 5) is 0. The molecule has 2 aromatic rings. The minimum atomic E-state index is 0.336. The van der Waals surface area contributed by atoms with E-state index in [1.54, 1.807) is 0 Å². The van der Waals surface area contributed by atoms with Crippen LogP contribution in [0.1, 0.15) is 36.9 Å². The number of halogens is 1. The summed E-state index contributed by atoms with van der Waals surface area (Å²) >= 11 is 6.18. The fraction of sp³-hybridized carbons (Fsp3) is 0.294. The van der Waals surface area contributed by atoms with Crippen LogP contribution in [0.15, 0.2) is 48.5 Å². The lowest BCUT2D eigenvalue weighted by Gasteiger charge is -2.21. The van der Waals surface area contributed by atoms with Gasteiger partial charge in [0, 0.05) is 10.7 Å². The molecule has 2 aromatic carbocycles. The zero-order chi connectivity index (χ0) is 13.7. The molecule has 19 heavy (non-hydrogen) atoms. The molecular weight excluding hydrogens is 254 g/mol. The van der Waals surface area contributed by atoms with Crippen LogP contribution in [0.4, 0.5) is 5.69 Å². The Morgan fingerprint density at radius 3 is 2.47 bits per heavy atom. The van der Waals surface area contributed by atoms with E-state index in [1.807, 2.05) is 12.1 Å². The van der Waals surface area contributed by atoms with E-state index in [0.717, 1.165) is 29.1 Å². The summed E-state index contributed by atoms with van der Waals surface area (Å²) < 4.78 is 0. The van der Waals surface area contributed by atoms with Crippen LogP contribution in [0.3, 0.4) is 0 Å². The molecule has 2 rings (SSSR count). The molecule has 0 aliphatic rings. The Morgan fingerprint density at radius 1 is 1.05 bits per heavy atom. The third-order valence-corrected chi connectivity index (χ3v) is 3.79. The van der Waals surface area contributed by atoms with Crippen LogP contribution in [0.5, 0.6) is 0 Å². The van der Waals surface area contributed by atoms with Gasteiger partial charge in [-0.1, -0.05) is 61.3 Å². The Bertz CT molecular complexity index is 522. The molecule has 1 unspecified atom stereocenters. The van der Waals surface area contributed by atoms with Gasteiger partial charge in [-0.25, -0.2) is 0 Å². The first kappa shape index (κ1) is 14.0. The Labute approximate surface area is 120 Å². The van der Waals surface area contributed by atoms with Gasteiger partial charge in [0.25, 0.3) is 0 Å². The number of benzene rings is 2. The Morgan fingerprint density at radius 2 is 1.79 bits per heavy atom. The van der Waals surface area contributed by atoms with Crippen LogP contribution in [-0.4, -0.2) is 0 Å². The molecule has 0 saturated heterocycles.